The monoisotopic (exact) mass is 216 g/mol. The summed E-state index contributed by atoms with van der Waals surface area (Å²) in [6.07, 6.45) is 0. The molecule has 0 fully saturated rings. The Morgan fingerprint density at radius 2 is 1.80 bits per heavy atom. The summed E-state index contributed by atoms with van der Waals surface area (Å²) in [7, 11) is 0. The van der Waals surface area contributed by atoms with Crippen LogP contribution in [0.25, 0.3) is 0 Å². The average Bonchev–Trinajstić information content (AvgIpc) is 2.59. The van der Waals surface area contributed by atoms with Gasteiger partial charge in [0.15, 0.2) is 0 Å². The maximum Gasteiger partial charge on any atom is 0.202 e. The van der Waals surface area contributed by atoms with Gasteiger partial charge in [0.2, 0.25) is 5.78 Å². The topological polar surface area (TPSA) is 17.1 Å². The maximum atomic E-state index is 12.0. The third-order valence-corrected chi connectivity index (χ3v) is 3.58. The predicted molar refractivity (Wildman–Crippen MR) is 63.7 cm³/mol. The number of hydrogen-bond acceptors (Lipinski definition) is 2. The highest BCUT2D eigenvalue weighted by molar-refractivity contribution is 7.14. The number of thiophene rings is 1. The van der Waals surface area contributed by atoms with Crippen LogP contribution in [0.5, 0.6) is 0 Å². The molecule has 1 aromatic heterocycles. The van der Waals surface area contributed by atoms with Crippen LogP contribution in [0.3, 0.4) is 0 Å². The second kappa shape index (κ2) is 3.99. The third kappa shape index (κ3) is 2.00. The first-order valence-corrected chi connectivity index (χ1v) is 5.67. The van der Waals surface area contributed by atoms with Crippen LogP contribution in [0, 0.1) is 13.8 Å². The average molecular weight is 216 g/mol. The Bertz CT molecular complexity index is 463. The normalized spacial score (nSPS) is 10.3. The number of hydrogen-bond donors (Lipinski definition) is 0. The van der Waals surface area contributed by atoms with Crippen molar-refractivity contribution in [2.45, 2.75) is 13.8 Å². The molecule has 0 unspecified atom stereocenters. The summed E-state index contributed by atoms with van der Waals surface area (Å²) in [5, 5.41) is 0. The van der Waals surface area contributed by atoms with E-state index in [2.05, 4.69) is 0 Å². The lowest BCUT2D eigenvalue weighted by Crippen LogP contribution is -1.97. The molecule has 0 amide bonds. The summed E-state index contributed by atoms with van der Waals surface area (Å²) in [6, 6.07) is 11.4. The second-order valence-corrected chi connectivity index (χ2v) is 4.80. The highest BCUT2D eigenvalue weighted by Crippen LogP contribution is 2.23. The highest BCUT2D eigenvalue weighted by Gasteiger charge is 2.11. The van der Waals surface area contributed by atoms with Crippen LogP contribution in [0.4, 0.5) is 0 Å². The van der Waals surface area contributed by atoms with Crippen molar-refractivity contribution in [1.82, 2.24) is 0 Å². The van der Waals surface area contributed by atoms with Gasteiger partial charge in [0.25, 0.3) is 0 Å². The van der Waals surface area contributed by atoms with Gasteiger partial charge >= 0.3 is 0 Å². The largest absolute Gasteiger partial charge is 0.288 e. The standard InChI is InChI=1S/C13H12OS/c1-9-8-12(15-10(9)2)13(14)11-6-4-3-5-7-11/h3-8H,1-2H3. The quantitative estimate of drug-likeness (QED) is 0.701. The van der Waals surface area contributed by atoms with Crippen LogP contribution >= 0.6 is 11.3 Å². The first-order valence-electron chi connectivity index (χ1n) is 4.85. The SMILES string of the molecule is Cc1cc(C(=O)c2ccccc2)sc1C. The fourth-order valence-electron chi connectivity index (χ4n) is 1.42. The summed E-state index contributed by atoms with van der Waals surface area (Å²) in [6.45, 7) is 4.08. The Labute approximate surface area is 93.4 Å². The summed E-state index contributed by atoms with van der Waals surface area (Å²) in [5.74, 6) is 0.122. The Morgan fingerprint density at radius 3 is 2.33 bits per heavy atom. The molecule has 2 rings (SSSR count). The molecule has 76 valence electrons. The summed E-state index contributed by atoms with van der Waals surface area (Å²) < 4.78 is 0. The Morgan fingerprint density at radius 1 is 1.13 bits per heavy atom. The molecule has 0 saturated carbocycles. The van der Waals surface area contributed by atoms with Crippen molar-refractivity contribution in [2.24, 2.45) is 0 Å². The second-order valence-electron chi connectivity index (χ2n) is 3.54. The van der Waals surface area contributed by atoms with E-state index in [4.69, 9.17) is 0 Å². The lowest BCUT2D eigenvalue weighted by Gasteiger charge is -1.95. The third-order valence-electron chi connectivity index (χ3n) is 2.43. The number of rotatable bonds is 2. The van der Waals surface area contributed by atoms with Crippen LogP contribution in [-0.2, 0) is 0 Å². The molecular weight excluding hydrogens is 204 g/mol. The van der Waals surface area contributed by atoms with E-state index >= 15 is 0 Å². The van der Waals surface area contributed by atoms with Crippen molar-refractivity contribution in [1.29, 1.82) is 0 Å². The van der Waals surface area contributed by atoms with Crippen molar-refractivity contribution >= 4 is 17.1 Å². The Balaban J connectivity index is 2.37. The molecule has 0 atom stereocenters. The van der Waals surface area contributed by atoms with Crippen molar-refractivity contribution in [2.75, 3.05) is 0 Å². The molecule has 0 aliphatic rings. The van der Waals surface area contributed by atoms with E-state index in [1.807, 2.05) is 50.2 Å². The minimum atomic E-state index is 0.122. The van der Waals surface area contributed by atoms with Crippen LogP contribution in [0.2, 0.25) is 0 Å². The molecular formula is C13H12OS. The van der Waals surface area contributed by atoms with Crippen LogP contribution in [0.15, 0.2) is 36.4 Å². The number of carbonyl (C=O) groups is 1. The molecule has 1 nitrogen and oxygen atoms in total. The van der Waals surface area contributed by atoms with Gasteiger partial charge in [-0.25, -0.2) is 0 Å². The van der Waals surface area contributed by atoms with Gasteiger partial charge in [0.05, 0.1) is 4.88 Å². The maximum absolute atomic E-state index is 12.0. The van der Waals surface area contributed by atoms with E-state index < -0.39 is 0 Å². The van der Waals surface area contributed by atoms with E-state index in [1.165, 1.54) is 10.4 Å². The summed E-state index contributed by atoms with van der Waals surface area (Å²) in [4.78, 5) is 14.1. The van der Waals surface area contributed by atoms with Gasteiger partial charge in [-0.2, -0.15) is 0 Å². The van der Waals surface area contributed by atoms with Crippen molar-refractivity contribution in [3.05, 3.63) is 57.3 Å². The number of ketones is 1. The Kier molecular flexibility index (Phi) is 2.69. The molecule has 0 N–H and O–H groups in total. The summed E-state index contributed by atoms with van der Waals surface area (Å²) in [5.41, 5.74) is 1.96. The van der Waals surface area contributed by atoms with E-state index in [-0.39, 0.29) is 5.78 Å². The van der Waals surface area contributed by atoms with E-state index in [0.29, 0.717) is 0 Å². The Hall–Kier alpha value is -1.41. The molecule has 0 spiro atoms. The zero-order valence-electron chi connectivity index (χ0n) is 8.78. The van der Waals surface area contributed by atoms with E-state index in [0.717, 1.165) is 10.4 Å². The zero-order chi connectivity index (χ0) is 10.8. The lowest BCUT2D eigenvalue weighted by atomic mass is 10.1. The van der Waals surface area contributed by atoms with Crippen molar-refractivity contribution in [3.8, 4) is 0 Å². The van der Waals surface area contributed by atoms with Gasteiger partial charge in [-0.05, 0) is 25.5 Å². The molecule has 0 saturated heterocycles. The van der Waals surface area contributed by atoms with Crippen LogP contribution in [-0.4, -0.2) is 5.78 Å². The van der Waals surface area contributed by atoms with Crippen LogP contribution < -0.4 is 0 Å². The smallest absolute Gasteiger partial charge is 0.202 e. The fourth-order valence-corrected chi connectivity index (χ4v) is 2.41. The van der Waals surface area contributed by atoms with Gasteiger partial charge < -0.3 is 0 Å². The minimum Gasteiger partial charge on any atom is -0.288 e. The molecule has 1 heterocycles. The van der Waals surface area contributed by atoms with Gasteiger partial charge in [-0.1, -0.05) is 30.3 Å². The van der Waals surface area contributed by atoms with Crippen molar-refractivity contribution < 1.29 is 4.79 Å². The van der Waals surface area contributed by atoms with Gasteiger partial charge in [-0.3, -0.25) is 4.79 Å². The molecule has 0 aliphatic carbocycles. The van der Waals surface area contributed by atoms with Gasteiger partial charge in [0.1, 0.15) is 0 Å². The fraction of sp³-hybridized carbons (Fsp3) is 0.154. The molecule has 0 bridgehead atoms. The number of aryl methyl sites for hydroxylation is 2. The minimum absolute atomic E-state index is 0.122. The van der Waals surface area contributed by atoms with E-state index in [9.17, 15) is 4.79 Å². The van der Waals surface area contributed by atoms with Gasteiger partial charge in [0, 0.05) is 10.4 Å². The number of benzene rings is 1. The summed E-state index contributed by atoms with van der Waals surface area (Å²) >= 11 is 1.57. The van der Waals surface area contributed by atoms with Crippen molar-refractivity contribution in [3.63, 3.8) is 0 Å². The highest BCUT2D eigenvalue weighted by atomic mass is 32.1. The lowest BCUT2D eigenvalue weighted by molar-refractivity contribution is 0.104. The molecule has 15 heavy (non-hydrogen) atoms. The first kappa shape index (κ1) is 10.1. The van der Waals surface area contributed by atoms with E-state index in [1.54, 1.807) is 11.3 Å². The first-order chi connectivity index (χ1) is 7.18. The predicted octanol–water partition coefficient (Wildman–Crippen LogP) is 3.60. The molecule has 0 aliphatic heterocycles. The molecule has 2 aromatic rings. The number of carbonyl (C=O) groups excluding carboxylic acids is 1. The molecule has 2 heteroatoms. The molecule has 1 aromatic carbocycles. The van der Waals surface area contributed by atoms with Gasteiger partial charge in [-0.15, -0.1) is 11.3 Å². The van der Waals surface area contributed by atoms with Crippen LogP contribution in [0.1, 0.15) is 25.7 Å². The molecule has 0 radical (unpaired) electrons. The zero-order valence-corrected chi connectivity index (χ0v) is 9.60.